The summed E-state index contributed by atoms with van der Waals surface area (Å²) in [5, 5.41) is 0. The van der Waals surface area contributed by atoms with Crippen molar-refractivity contribution < 1.29 is 9.59 Å². The Hall–Kier alpha value is -3.22. The minimum atomic E-state index is -0.0359. The van der Waals surface area contributed by atoms with Gasteiger partial charge in [-0.3, -0.25) is 14.6 Å². The second kappa shape index (κ2) is 6.95. The van der Waals surface area contributed by atoms with Crippen LogP contribution in [0.2, 0.25) is 0 Å². The third-order valence-corrected chi connectivity index (χ3v) is 4.65. The summed E-state index contributed by atoms with van der Waals surface area (Å²) in [5.41, 5.74) is 2.90. The van der Waals surface area contributed by atoms with E-state index in [0.717, 1.165) is 17.5 Å². The van der Waals surface area contributed by atoms with Crippen molar-refractivity contribution in [3.05, 3.63) is 60.2 Å². The van der Waals surface area contributed by atoms with E-state index in [0.29, 0.717) is 37.3 Å². The number of rotatable bonds is 2. The average molecular weight is 349 g/mol. The molecular weight excluding hydrogens is 330 g/mol. The molecule has 7 heteroatoms. The maximum Gasteiger partial charge on any atom is 0.255 e. The lowest BCUT2D eigenvalue weighted by Gasteiger charge is -2.22. The Morgan fingerprint density at radius 1 is 0.962 bits per heavy atom. The summed E-state index contributed by atoms with van der Waals surface area (Å²) in [6.07, 6.45) is 5.60. The molecule has 0 saturated carbocycles. The Bertz CT molecular complexity index is 937. The number of aromatic nitrogens is 3. The largest absolute Gasteiger partial charge is 0.345 e. The van der Waals surface area contributed by atoms with Gasteiger partial charge < -0.3 is 14.8 Å². The molecule has 132 valence electrons. The number of carbonyl (C=O) groups is 2. The number of nitrogens with one attached hydrogen (secondary N) is 1. The van der Waals surface area contributed by atoms with Crippen molar-refractivity contribution in [1.82, 2.24) is 24.8 Å². The maximum atomic E-state index is 12.8. The van der Waals surface area contributed by atoms with Gasteiger partial charge in [0, 0.05) is 44.1 Å². The molecule has 0 spiro atoms. The second-order valence-corrected chi connectivity index (χ2v) is 6.31. The van der Waals surface area contributed by atoms with E-state index >= 15 is 0 Å². The van der Waals surface area contributed by atoms with Crippen LogP contribution >= 0.6 is 0 Å². The summed E-state index contributed by atoms with van der Waals surface area (Å²) >= 11 is 0. The third-order valence-electron chi connectivity index (χ3n) is 4.65. The van der Waals surface area contributed by atoms with Crippen molar-refractivity contribution in [1.29, 1.82) is 0 Å². The topological polar surface area (TPSA) is 82.2 Å². The molecule has 4 rings (SSSR count). The van der Waals surface area contributed by atoms with Crippen molar-refractivity contribution in [3.8, 4) is 0 Å². The van der Waals surface area contributed by atoms with Gasteiger partial charge in [0.05, 0.1) is 22.9 Å². The Kier molecular flexibility index (Phi) is 4.35. The number of H-pyrrole nitrogens is 1. The number of carbonyl (C=O) groups excluding carboxylic acids is 2. The smallest absolute Gasteiger partial charge is 0.255 e. The van der Waals surface area contributed by atoms with Crippen molar-refractivity contribution in [3.63, 3.8) is 0 Å². The number of aromatic amines is 1. The molecule has 3 heterocycles. The number of benzene rings is 1. The Labute approximate surface area is 150 Å². The lowest BCUT2D eigenvalue weighted by atomic mass is 10.1. The zero-order valence-corrected chi connectivity index (χ0v) is 14.3. The first-order chi connectivity index (χ1) is 12.7. The summed E-state index contributed by atoms with van der Waals surface area (Å²) in [4.78, 5) is 40.2. The van der Waals surface area contributed by atoms with Gasteiger partial charge in [0.25, 0.3) is 11.8 Å². The number of imidazole rings is 1. The lowest BCUT2D eigenvalue weighted by molar-refractivity contribution is 0.0718. The Morgan fingerprint density at radius 3 is 2.46 bits per heavy atom. The number of fused-ring (bicyclic) bond motifs is 1. The van der Waals surface area contributed by atoms with E-state index in [9.17, 15) is 9.59 Å². The zero-order chi connectivity index (χ0) is 17.9. The minimum Gasteiger partial charge on any atom is -0.345 e. The van der Waals surface area contributed by atoms with Crippen molar-refractivity contribution in [2.24, 2.45) is 0 Å². The van der Waals surface area contributed by atoms with Crippen LogP contribution in [0.25, 0.3) is 11.0 Å². The number of hydrogen-bond acceptors (Lipinski definition) is 4. The van der Waals surface area contributed by atoms with Crippen LogP contribution in [-0.4, -0.2) is 62.7 Å². The highest BCUT2D eigenvalue weighted by atomic mass is 16.2. The predicted octanol–water partition coefficient (Wildman–Crippen LogP) is 1.95. The second-order valence-electron chi connectivity index (χ2n) is 6.31. The van der Waals surface area contributed by atoms with Gasteiger partial charge in [0.2, 0.25) is 0 Å². The van der Waals surface area contributed by atoms with Crippen LogP contribution in [0, 0.1) is 0 Å². The van der Waals surface area contributed by atoms with Gasteiger partial charge in [0.15, 0.2) is 0 Å². The van der Waals surface area contributed by atoms with Crippen LogP contribution < -0.4 is 0 Å². The predicted molar refractivity (Wildman–Crippen MR) is 96.8 cm³/mol. The molecular formula is C19H19N5O2. The SMILES string of the molecule is O=C(c1cccnc1)N1CCCN(C(=O)c2ccc3nc[nH]c3c2)CC1. The first-order valence-corrected chi connectivity index (χ1v) is 8.64. The molecule has 7 nitrogen and oxygen atoms in total. The van der Waals surface area contributed by atoms with Crippen LogP contribution in [0.5, 0.6) is 0 Å². The van der Waals surface area contributed by atoms with Gasteiger partial charge in [0.1, 0.15) is 0 Å². The molecule has 1 aliphatic heterocycles. The summed E-state index contributed by atoms with van der Waals surface area (Å²) < 4.78 is 0. The molecule has 26 heavy (non-hydrogen) atoms. The molecule has 1 saturated heterocycles. The van der Waals surface area contributed by atoms with Gasteiger partial charge in [-0.05, 0) is 36.8 Å². The van der Waals surface area contributed by atoms with E-state index in [2.05, 4.69) is 15.0 Å². The van der Waals surface area contributed by atoms with Gasteiger partial charge in [-0.1, -0.05) is 0 Å². The molecule has 1 aliphatic rings. The quantitative estimate of drug-likeness (QED) is 0.767. The Balaban J connectivity index is 1.46. The fourth-order valence-corrected chi connectivity index (χ4v) is 3.25. The molecule has 1 aromatic carbocycles. The average Bonchev–Trinajstić information content (AvgIpc) is 3.02. The van der Waals surface area contributed by atoms with Gasteiger partial charge in [-0.2, -0.15) is 0 Å². The third kappa shape index (κ3) is 3.15. The van der Waals surface area contributed by atoms with Crippen molar-refractivity contribution in [2.45, 2.75) is 6.42 Å². The highest BCUT2D eigenvalue weighted by Crippen LogP contribution is 2.15. The molecule has 0 bridgehead atoms. The highest BCUT2D eigenvalue weighted by molar-refractivity contribution is 5.97. The van der Waals surface area contributed by atoms with Crippen molar-refractivity contribution in [2.75, 3.05) is 26.2 Å². The highest BCUT2D eigenvalue weighted by Gasteiger charge is 2.23. The molecule has 3 aromatic rings. The van der Waals surface area contributed by atoms with Crippen LogP contribution in [0.4, 0.5) is 0 Å². The maximum absolute atomic E-state index is 12.8. The summed E-state index contributed by atoms with van der Waals surface area (Å²) in [7, 11) is 0. The van der Waals surface area contributed by atoms with Crippen LogP contribution in [0.1, 0.15) is 27.1 Å². The van der Waals surface area contributed by atoms with Gasteiger partial charge in [-0.15, -0.1) is 0 Å². The fraction of sp³-hybridized carbons (Fsp3) is 0.263. The molecule has 1 N–H and O–H groups in total. The van der Waals surface area contributed by atoms with Gasteiger partial charge >= 0.3 is 0 Å². The number of hydrogen-bond donors (Lipinski definition) is 1. The minimum absolute atomic E-state index is 0.0165. The molecule has 0 radical (unpaired) electrons. The first-order valence-electron chi connectivity index (χ1n) is 8.64. The lowest BCUT2D eigenvalue weighted by Crippen LogP contribution is -2.37. The van der Waals surface area contributed by atoms with Crippen LogP contribution in [0.3, 0.4) is 0 Å². The van der Waals surface area contributed by atoms with Gasteiger partial charge in [-0.25, -0.2) is 4.98 Å². The Morgan fingerprint density at radius 2 is 1.73 bits per heavy atom. The van der Waals surface area contributed by atoms with Crippen LogP contribution in [0.15, 0.2) is 49.1 Å². The monoisotopic (exact) mass is 349 g/mol. The molecule has 1 fully saturated rings. The van der Waals surface area contributed by atoms with E-state index < -0.39 is 0 Å². The van der Waals surface area contributed by atoms with E-state index in [4.69, 9.17) is 0 Å². The van der Waals surface area contributed by atoms with Crippen LogP contribution in [-0.2, 0) is 0 Å². The zero-order valence-electron chi connectivity index (χ0n) is 14.3. The molecule has 2 aromatic heterocycles. The van der Waals surface area contributed by atoms with Crippen molar-refractivity contribution >= 4 is 22.8 Å². The summed E-state index contributed by atoms with van der Waals surface area (Å²) in [6, 6.07) is 8.99. The first kappa shape index (κ1) is 16.3. The van der Waals surface area contributed by atoms with E-state index in [-0.39, 0.29) is 11.8 Å². The fourth-order valence-electron chi connectivity index (χ4n) is 3.25. The molecule has 0 unspecified atom stereocenters. The number of amides is 2. The summed E-state index contributed by atoms with van der Waals surface area (Å²) in [5.74, 6) is -0.0524. The molecule has 0 atom stereocenters. The normalized spacial score (nSPS) is 15.1. The number of pyridine rings is 1. The van der Waals surface area contributed by atoms with E-state index in [1.807, 2.05) is 17.0 Å². The standard InChI is InChI=1S/C19H19N5O2/c25-18(14-4-5-16-17(11-14)22-13-21-16)23-7-2-8-24(10-9-23)19(26)15-3-1-6-20-12-15/h1,3-6,11-13H,2,7-10H2,(H,21,22). The van der Waals surface area contributed by atoms with E-state index in [1.54, 1.807) is 41.8 Å². The summed E-state index contributed by atoms with van der Waals surface area (Å²) in [6.45, 7) is 2.31. The molecule has 2 amide bonds. The van der Waals surface area contributed by atoms with E-state index in [1.165, 1.54) is 0 Å². The molecule has 0 aliphatic carbocycles. The number of nitrogens with zero attached hydrogens (tertiary/aromatic N) is 4.